The molecular weight excluding hydrogens is 260 g/mol. The maximum Gasteiger partial charge on any atom is 0.245 e. The van der Waals surface area contributed by atoms with E-state index in [1.165, 1.54) is 10.9 Å². The van der Waals surface area contributed by atoms with Crippen molar-refractivity contribution >= 4 is 16.8 Å². The van der Waals surface area contributed by atoms with Gasteiger partial charge in [-0.2, -0.15) is 0 Å². The average molecular weight is 284 g/mol. The fraction of sp³-hybridized carbons (Fsp3) is 0.500. The highest BCUT2D eigenvalue weighted by atomic mass is 16.2. The summed E-state index contributed by atoms with van der Waals surface area (Å²) in [6.45, 7) is 4.05. The van der Waals surface area contributed by atoms with E-state index in [0.717, 1.165) is 45.2 Å². The van der Waals surface area contributed by atoms with Crippen molar-refractivity contribution in [1.82, 2.24) is 9.47 Å². The van der Waals surface area contributed by atoms with Gasteiger partial charge in [0.25, 0.3) is 0 Å². The van der Waals surface area contributed by atoms with Crippen LogP contribution in [0.25, 0.3) is 10.9 Å². The molecule has 1 saturated heterocycles. The van der Waals surface area contributed by atoms with Crippen molar-refractivity contribution in [1.29, 1.82) is 0 Å². The first kappa shape index (κ1) is 14.2. The van der Waals surface area contributed by atoms with Crippen molar-refractivity contribution in [3.05, 3.63) is 36.5 Å². The Morgan fingerprint density at radius 3 is 2.71 bits per heavy atom. The first-order valence-corrected chi connectivity index (χ1v) is 8.15. The van der Waals surface area contributed by atoms with E-state index in [4.69, 9.17) is 0 Å². The van der Waals surface area contributed by atoms with Crippen molar-refractivity contribution in [3.63, 3.8) is 0 Å². The number of carbonyl (C=O) groups excluding carboxylic acids is 1. The Morgan fingerprint density at radius 2 is 1.95 bits per heavy atom. The summed E-state index contributed by atoms with van der Waals surface area (Å²) in [5, 5.41) is 1.22. The first-order valence-electron chi connectivity index (χ1n) is 8.15. The smallest absolute Gasteiger partial charge is 0.245 e. The molecule has 2 heterocycles. The molecule has 1 aromatic heterocycles. The largest absolute Gasteiger partial charge is 0.341 e. The first-order chi connectivity index (χ1) is 10.3. The van der Waals surface area contributed by atoms with Gasteiger partial charge >= 0.3 is 0 Å². The summed E-state index contributed by atoms with van der Waals surface area (Å²) < 4.78 is 2.19. The van der Waals surface area contributed by atoms with Crippen LogP contribution < -0.4 is 0 Å². The van der Waals surface area contributed by atoms with E-state index in [-0.39, 0.29) is 6.04 Å². The zero-order chi connectivity index (χ0) is 14.7. The highest BCUT2D eigenvalue weighted by Crippen LogP contribution is 2.26. The van der Waals surface area contributed by atoms with Crippen LogP contribution in [0.5, 0.6) is 0 Å². The molecule has 1 aliphatic heterocycles. The molecule has 1 unspecified atom stereocenters. The average Bonchev–Trinajstić information content (AvgIpc) is 3.17. The SMILES string of the molecule is CCCCC(C(=O)N1CCCC1)n1ccc2ccccc21. The van der Waals surface area contributed by atoms with E-state index >= 15 is 0 Å². The number of aromatic nitrogens is 1. The zero-order valence-electron chi connectivity index (χ0n) is 12.8. The topological polar surface area (TPSA) is 25.2 Å². The maximum absolute atomic E-state index is 12.9. The van der Waals surface area contributed by atoms with Gasteiger partial charge in [0.15, 0.2) is 0 Å². The van der Waals surface area contributed by atoms with Gasteiger partial charge in [-0.05, 0) is 36.8 Å². The lowest BCUT2D eigenvalue weighted by Gasteiger charge is -2.25. The number of carbonyl (C=O) groups is 1. The van der Waals surface area contributed by atoms with Crippen LogP contribution in [-0.2, 0) is 4.79 Å². The molecule has 0 N–H and O–H groups in total. The molecule has 3 nitrogen and oxygen atoms in total. The van der Waals surface area contributed by atoms with Crippen LogP contribution in [0.4, 0.5) is 0 Å². The van der Waals surface area contributed by atoms with E-state index in [0.29, 0.717) is 5.91 Å². The minimum atomic E-state index is -0.0389. The second-order valence-corrected chi connectivity index (χ2v) is 5.97. The Bertz CT molecular complexity index is 610. The van der Waals surface area contributed by atoms with Crippen molar-refractivity contribution < 1.29 is 4.79 Å². The van der Waals surface area contributed by atoms with Gasteiger partial charge in [0.2, 0.25) is 5.91 Å². The number of hydrogen-bond donors (Lipinski definition) is 0. The summed E-state index contributed by atoms with van der Waals surface area (Å²) in [4.78, 5) is 14.9. The molecule has 0 bridgehead atoms. The van der Waals surface area contributed by atoms with Crippen molar-refractivity contribution in [2.75, 3.05) is 13.1 Å². The predicted molar refractivity (Wildman–Crippen MR) is 86.3 cm³/mol. The fourth-order valence-corrected chi connectivity index (χ4v) is 3.30. The molecule has 21 heavy (non-hydrogen) atoms. The molecule has 1 aromatic carbocycles. The summed E-state index contributed by atoms with van der Waals surface area (Å²) in [7, 11) is 0. The molecule has 1 aliphatic rings. The van der Waals surface area contributed by atoms with Crippen LogP contribution in [0, 0.1) is 0 Å². The second-order valence-electron chi connectivity index (χ2n) is 5.97. The standard InChI is InChI=1S/C18H24N2O/c1-2-3-9-17(18(21)19-12-6-7-13-19)20-14-11-15-8-4-5-10-16(15)20/h4-5,8,10-11,14,17H,2-3,6-7,9,12-13H2,1H3. The van der Waals surface area contributed by atoms with Crippen LogP contribution in [0.1, 0.15) is 45.1 Å². The van der Waals surface area contributed by atoms with E-state index < -0.39 is 0 Å². The number of unbranched alkanes of at least 4 members (excludes halogenated alkanes) is 1. The number of rotatable bonds is 5. The molecule has 0 saturated carbocycles. The molecule has 3 heteroatoms. The molecule has 0 aliphatic carbocycles. The van der Waals surface area contributed by atoms with Crippen LogP contribution in [-0.4, -0.2) is 28.5 Å². The van der Waals surface area contributed by atoms with Crippen molar-refractivity contribution in [3.8, 4) is 0 Å². The molecule has 3 rings (SSSR count). The normalized spacial score (nSPS) is 16.5. The lowest BCUT2D eigenvalue weighted by atomic mass is 10.1. The van der Waals surface area contributed by atoms with E-state index in [9.17, 15) is 4.79 Å². The van der Waals surface area contributed by atoms with Gasteiger partial charge in [0.05, 0.1) is 0 Å². The zero-order valence-corrected chi connectivity index (χ0v) is 12.8. The quantitative estimate of drug-likeness (QED) is 0.815. The number of para-hydroxylation sites is 1. The van der Waals surface area contributed by atoms with Gasteiger partial charge in [-0.3, -0.25) is 4.79 Å². The number of amides is 1. The third-order valence-corrected chi connectivity index (χ3v) is 4.50. The van der Waals surface area contributed by atoms with Crippen molar-refractivity contribution in [2.24, 2.45) is 0 Å². The number of benzene rings is 1. The highest BCUT2D eigenvalue weighted by Gasteiger charge is 2.27. The van der Waals surface area contributed by atoms with Gasteiger partial charge in [0.1, 0.15) is 6.04 Å². The number of likely N-dealkylation sites (tertiary alicyclic amines) is 1. The summed E-state index contributed by atoms with van der Waals surface area (Å²) in [5.74, 6) is 0.308. The minimum absolute atomic E-state index is 0.0389. The fourth-order valence-electron chi connectivity index (χ4n) is 3.30. The molecule has 1 atom stereocenters. The van der Waals surface area contributed by atoms with Crippen LogP contribution in [0.3, 0.4) is 0 Å². The Morgan fingerprint density at radius 1 is 1.19 bits per heavy atom. The molecule has 112 valence electrons. The summed E-state index contributed by atoms with van der Waals surface area (Å²) in [5.41, 5.74) is 1.17. The Labute approximate surface area is 126 Å². The van der Waals surface area contributed by atoms with Crippen LogP contribution in [0.15, 0.2) is 36.5 Å². The lowest BCUT2D eigenvalue weighted by molar-refractivity contribution is -0.133. The van der Waals surface area contributed by atoms with Gasteiger partial charge < -0.3 is 9.47 Å². The predicted octanol–water partition coefficient (Wildman–Crippen LogP) is 4.00. The minimum Gasteiger partial charge on any atom is -0.341 e. The highest BCUT2D eigenvalue weighted by molar-refractivity contribution is 5.86. The maximum atomic E-state index is 12.9. The van der Waals surface area contributed by atoms with E-state index in [2.05, 4.69) is 52.9 Å². The third kappa shape index (κ3) is 2.82. The van der Waals surface area contributed by atoms with Crippen LogP contribution in [0.2, 0.25) is 0 Å². The van der Waals surface area contributed by atoms with Gasteiger partial charge in [-0.25, -0.2) is 0 Å². The summed E-state index contributed by atoms with van der Waals surface area (Å²) in [6.07, 6.45) is 7.54. The molecule has 1 fully saturated rings. The van der Waals surface area contributed by atoms with Gasteiger partial charge in [-0.15, -0.1) is 0 Å². The van der Waals surface area contributed by atoms with E-state index in [1.54, 1.807) is 0 Å². The number of fused-ring (bicyclic) bond motifs is 1. The lowest BCUT2D eigenvalue weighted by Crippen LogP contribution is -2.35. The summed E-state index contributed by atoms with van der Waals surface area (Å²) >= 11 is 0. The third-order valence-electron chi connectivity index (χ3n) is 4.50. The van der Waals surface area contributed by atoms with E-state index in [1.807, 2.05) is 0 Å². The number of nitrogens with zero attached hydrogens (tertiary/aromatic N) is 2. The van der Waals surface area contributed by atoms with Gasteiger partial charge in [0, 0.05) is 24.8 Å². The van der Waals surface area contributed by atoms with Crippen LogP contribution >= 0.6 is 0 Å². The Balaban J connectivity index is 1.92. The monoisotopic (exact) mass is 284 g/mol. The molecule has 0 radical (unpaired) electrons. The molecule has 2 aromatic rings. The Hall–Kier alpha value is -1.77. The molecular formula is C18H24N2O. The summed E-state index contributed by atoms with van der Waals surface area (Å²) in [6, 6.07) is 10.4. The molecule has 1 amide bonds. The molecule has 0 spiro atoms. The second kappa shape index (κ2) is 6.33. The Kier molecular flexibility index (Phi) is 4.28. The number of hydrogen-bond acceptors (Lipinski definition) is 1. The van der Waals surface area contributed by atoms with Gasteiger partial charge in [-0.1, -0.05) is 38.0 Å². The van der Waals surface area contributed by atoms with Crippen molar-refractivity contribution in [2.45, 2.75) is 45.1 Å².